The van der Waals surface area contributed by atoms with Crippen LogP contribution in [-0.2, 0) is 0 Å². The minimum atomic E-state index is -0.0267. The fraction of sp³-hybridized carbons (Fsp3) is 0.278. The van der Waals surface area contributed by atoms with Crippen molar-refractivity contribution in [3.05, 3.63) is 70.3 Å². The van der Waals surface area contributed by atoms with E-state index in [4.69, 9.17) is 0 Å². The maximum Gasteiger partial charge on any atom is 0.251 e. The van der Waals surface area contributed by atoms with Gasteiger partial charge in [-0.3, -0.25) is 4.79 Å². The van der Waals surface area contributed by atoms with Crippen LogP contribution in [-0.4, -0.2) is 5.91 Å². The van der Waals surface area contributed by atoms with Gasteiger partial charge in [0.15, 0.2) is 0 Å². The zero-order valence-electron chi connectivity index (χ0n) is 12.5. The quantitative estimate of drug-likeness (QED) is 0.891. The molecular weight excluding hydrogens is 246 g/mol. The number of aryl methyl sites for hydroxylation is 3. The maximum atomic E-state index is 12.2. The van der Waals surface area contributed by atoms with Gasteiger partial charge in [-0.1, -0.05) is 35.9 Å². The molecule has 1 amide bonds. The summed E-state index contributed by atoms with van der Waals surface area (Å²) in [5, 5.41) is 3.04. The standard InChI is InChI=1S/C18H21NO/c1-12-5-8-16(9-6-12)15(4)19-18(20)17-10-7-13(2)14(3)11-17/h5-11,15H,1-4H3,(H,19,20)/t15-/m0/s1. The van der Waals surface area contributed by atoms with Crippen LogP contribution in [0.25, 0.3) is 0 Å². The average molecular weight is 267 g/mol. The van der Waals surface area contributed by atoms with Crippen molar-refractivity contribution >= 4 is 5.91 Å². The molecule has 0 aliphatic heterocycles. The van der Waals surface area contributed by atoms with Gasteiger partial charge in [0.1, 0.15) is 0 Å². The smallest absolute Gasteiger partial charge is 0.251 e. The monoisotopic (exact) mass is 267 g/mol. The molecule has 1 atom stereocenters. The highest BCUT2D eigenvalue weighted by Crippen LogP contribution is 2.15. The predicted molar refractivity (Wildman–Crippen MR) is 83.0 cm³/mol. The Morgan fingerprint density at radius 3 is 2.20 bits per heavy atom. The van der Waals surface area contributed by atoms with E-state index in [-0.39, 0.29) is 11.9 Å². The van der Waals surface area contributed by atoms with Gasteiger partial charge < -0.3 is 5.32 Å². The molecule has 2 aromatic rings. The molecular formula is C18H21NO. The molecule has 0 unspecified atom stereocenters. The molecule has 2 rings (SSSR count). The summed E-state index contributed by atoms with van der Waals surface area (Å²) in [6.45, 7) is 8.13. The van der Waals surface area contributed by atoms with E-state index in [9.17, 15) is 4.79 Å². The molecule has 0 bridgehead atoms. The lowest BCUT2D eigenvalue weighted by molar-refractivity contribution is 0.0940. The largest absolute Gasteiger partial charge is 0.346 e. The Morgan fingerprint density at radius 2 is 1.60 bits per heavy atom. The van der Waals surface area contributed by atoms with Crippen LogP contribution < -0.4 is 5.32 Å². The molecule has 2 heteroatoms. The third kappa shape index (κ3) is 3.27. The Labute approximate surface area is 120 Å². The van der Waals surface area contributed by atoms with Gasteiger partial charge in [-0.25, -0.2) is 0 Å². The molecule has 0 saturated heterocycles. The van der Waals surface area contributed by atoms with E-state index in [2.05, 4.69) is 36.5 Å². The maximum absolute atomic E-state index is 12.2. The summed E-state index contributed by atoms with van der Waals surface area (Å²) in [4.78, 5) is 12.2. The highest BCUT2D eigenvalue weighted by molar-refractivity contribution is 5.94. The van der Waals surface area contributed by atoms with Crippen LogP contribution in [0.5, 0.6) is 0 Å². The Balaban J connectivity index is 2.10. The topological polar surface area (TPSA) is 29.1 Å². The van der Waals surface area contributed by atoms with Gasteiger partial charge in [0.2, 0.25) is 0 Å². The van der Waals surface area contributed by atoms with Crippen molar-refractivity contribution in [1.82, 2.24) is 5.32 Å². The van der Waals surface area contributed by atoms with Crippen LogP contribution in [0.15, 0.2) is 42.5 Å². The second kappa shape index (κ2) is 5.91. The molecule has 2 aromatic carbocycles. The molecule has 0 spiro atoms. The van der Waals surface area contributed by atoms with E-state index in [0.29, 0.717) is 5.56 Å². The normalized spacial score (nSPS) is 12.0. The summed E-state index contributed by atoms with van der Waals surface area (Å²) in [5.41, 5.74) is 5.40. The Morgan fingerprint density at radius 1 is 0.950 bits per heavy atom. The lowest BCUT2D eigenvalue weighted by Gasteiger charge is -2.15. The zero-order chi connectivity index (χ0) is 14.7. The first-order chi connectivity index (χ1) is 9.47. The first kappa shape index (κ1) is 14.3. The lowest BCUT2D eigenvalue weighted by Crippen LogP contribution is -2.26. The molecule has 104 valence electrons. The summed E-state index contributed by atoms with van der Waals surface area (Å²) >= 11 is 0. The third-order valence-corrected chi connectivity index (χ3v) is 3.69. The molecule has 20 heavy (non-hydrogen) atoms. The number of carbonyl (C=O) groups excluding carboxylic acids is 1. The van der Waals surface area contributed by atoms with Crippen LogP contribution in [0, 0.1) is 20.8 Å². The molecule has 0 radical (unpaired) electrons. The molecule has 0 fully saturated rings. The SMILES string of the molecule is Cc1ccc([C@H](C)NC(=O)c2ccc(C)c(C)c2)cc1. The van der Waals surface area contributed by atoms with Crippen molar-refractivity contribution in [1.29, 1.82) is 0 Å². The first-order valence-electron chi connectivity index (χ1n) is 6.92. The number of hydrogen-bond donors (Lipinski definition) is 1. The minimum absolute atomic E-state index is 0.00436. The average Bonchev–Trinajstić information content (AvgIpc) is 2.42. The Bertz CT molecular complexity index is 614. The van der Waals surface area contributed by atoms with Crippen molar-refractivity contribution in [2.75, 3.05) is 0 Å². The Hall–Kier alpha value is -2.09. The van der Waals surface area contributed by atoms with Gasteiger partial charge in [0, 0.05) is 5.56 Å². The number of benzene rings is 2. The molecule has 0 aliphatic rings. The van der Waals surface area contributed by atoms with Crippen LogP contribution in [0.2, 0.25) is 0 Å². The van der Waals surface area contributed by atoms with Crippen LogP contribution >= 0.6 is 0 Å². The third-order valence-electron chi connectivity index (χ3n) is 3.69. The number of hydrogen-bond acceptors (Lipinski definition) is 1. The fourth-order valence-electron chi connectivity index (χ4n) is 2.10. The van der Waals surface area contributed by atoms with E-state index in [1.807, 2.05) is 39.0 Å². The van der Waals surface area contributed by atoms with Gasteiger partial charge in [0.05, 0.1) is 6.04 Å². The highest BCUT2D eigenvalue weighted by Gasteiger charge is 2.11. The molecule has 0 saturated carbocycles. The lowest BCUT2D eigenvalue weighted by atomic mass is 10.0. The number of amides is 1. The van der Waals surface area contributed by atoms with Gasteiger partial charge in [0.25, 0.3) is 5.91 Å². The molecule has 0 aliphatic carbocycles. The molecule has 0 aromatic heterocycles. The minimum Gasteiger partial charge on any atom is -0.346 e. The Kier molecular flexibility index (Phi) is 4.23. The van der Waals surface area contributed by atoms with Crippen LogP contribution in [0.4, 0.5) is 0 Å². The van der Waals surface area contributed by atoms with Crippen molar-refractivity contribution in [2.45, 2.75) is 33.7 Å². The van der Waals surface area contributed by atoms with Gasteiger partial charge in [-0.2, -0.15) is 0 Å². The second-order valence-electron chi connectivity index (χ2n) is 5.40. The highest BCUT2D eigenvalue weighted by atomic mass is 16.1. The summed E-state index contributed by atoms with van der Waals surface area (Å²) in [6, 6.07) is 14.0. The number of carbonyl (C=O) groups is 1. The van der Waals surface area contributed by atoms with E-state index < -0.39 is 0 Å². The van der Waals surface area contributed by atoms with Crippen molar-refractivity contribution in [3.63, 3.8) is 0 Å². The molecule has 1 N–H and O–H groups in total. The van der Waals surface area contributed by atoms with E-state index >= 15 is 0 Å². The second-order valence-corrected chi connectivity index (χ2v) is 5.40. The predicted octanol–water partition coefficient (Wildman–Crippen LogP) is 4.10. The summed E-state index contributed by atoms with van der Waals surface area (Å²) in [5.74, 6) is -0.0267. The number of nitrogens with one attached hydrogen (secondary N) is 1. The van der Waals surface area contributed by atoms with E-state index in [1.165, 1.54) is 11.1 Å². The molecule has 0 heterocycles. The number of rotatable bonds is 3. The van der Waals surface area contributed by atoms with Gasteiger partial charge in [-0.05, 0) is 56.5 Å². The van der Waals surface area contributed by atoms with Crippen molar-refractivity contribution in [2.24, 2.45) is 0 Å². The summed E-state index contributed by atoms with van der Waals surface area (Å²) in [7, 11) is 0. The zero-order valence-corrected chi connectivity index (χ0v) is 12.5. The van der Waals surface area contributed by atoms with E-state index in [0.717, 1.165) is 11.1 Å². The summed E-state index contributed by atoms with van der Waals surface area (Å²) in [6.07, 6.45) is 0. The first-order valence-corrected chi connectivity index (χ1v) is 6.92. The van der Waals surface area contributed by atoms with Crippen LogP contribution in [0.3, 0.4) is 0 Å². The van der Waals surface area contributed by atoms with Gasteiger partial charge >= 0.3 is 0 Å². The van der Waals surface area contributed by atoms with Crippen molar-refractivity contribution in [3.8, 4) is 0 Å². The van der Waals surface area contributed by atoms with Gasteiger partial charge in [-0.15, -0.1) is 0 Å². The van der Waals surface area contributed by atoms with Crippen molar-refractivity contribution < 1.29 is 4.79 Å². The molecule has 2 nitrogen and oxygen atoms in total. The van der Waals surface area contributed by atoms with Crippen LogP contribution in [0.1, 0.15) is 45.6 Å². The summed E-state index contributed by atoms with van der Waals surface area (Å²) < 4.78 is 0. The fourth-order valence-corrected chi connectivity index (χ4v) is 2.10. The van der Waals surface area contributed by atoms with E-state index in [1.54, 1.807) is 0 Å².